The minimum Gasteiger partial charge on any atom is -0.383 e. The summed E-state index contributed by atoms with van der Waals surface area (Å²) in [4.78, 5) is 2.23. The molecule has 5 nitrogen and oxygen atoms in total. The second kappa shape index (κ2) is 7.39. The highest BCUT2D eigenvalue weighted by Gasteiger charge is 2.35. The minimum absolute atomic E-state index is 0. The molecule has 8 heteroatoms. The molecule has 0 saturated carbocycles. The largest absolute Gasteiger partial charge is 0.383 e. The van der Waals surface area contributed by atoms with Crippen molar-refractivity contribution < 1.29 is 13.2 Å². The molecule has 1 aromatic heterocycles. The van der Waals surface area contributed by atoms with E-state index in [1.807, 2.05) is 13.8 Å². The zero-order valence-electron chi connectivity index (χ0n) is 12.6. The van der Waals surface area contributed by atoms with Gasteiger partial charge in [-0.25, -0.2) is 13.1 Å². The SMILES string of the molecule is COCC1(CNS(=O)(=O)c2cc(C)sc2C)CCCN1.Cl. The first-order valence-corrected chi connectivity index (χ1v) is 8.99. The van der Waals surface area contributed by atoms with Crippen molar-refractivity contribution in [1.29, 1.82) is 0 Å². The molecule has 0 spiro atoms. The van der Waals surface area contributed by atoms with Gasteiger partial charge < -0.3 is 10.1 Å². The van der Waals surface area contributed by atoms with Gasteiger partial charge in [-0.1, -0.05) is 0 Å². The van der Waals surface area contributed by atoms with Gasteiger partial charge in [0.15, 0.2) is 0 Å². The molecule has 0 bridgehead atoms. The van der Waals surface area contributed by atoms with Crippen LogP contribution in [0.3, 0.4) is 0 Å². The van der Waals surface area contributed by atoms with E-state index in [0.717, 1.165) is 29.1 Å². The van der Waals surface area contributed by atoms with Gasteiger partial charge in [-0.2, -0.15) is 0 Å². The fourth-order valence-corrected chi connectivity index (χ4v) is 5.34. The monoisotopic (exact) mass is 354 g/mol. The number of aryl methyl sites for hydroxylation is 2. The molecule has 122 valence electrons. The van der Waals surface area contributed by atoms with E-state index in [1.165, 1.54) is 11.3 Å². The van der Waals surface area contributed by atoms with Crippen LogP contribution in [0.5, 0.6) is 0 Å². The molecular weight excluding hydrogens is 332 g/mol. The zero-order chi connectivity index (χ0) is 14.8. The van der Waals surface area contributed by atoms with E-state index in [9.17, 15) is 8.42 Å². The summed E-state index contributed by atoms with van der Waals surface area (Å²) in [6.07, 6.45) is 1.96. The number of halogens is 1. The van der Waals surface area contributed by atoms with Crippen molar-refractivity contribution in [2.75, 3.05) is 26.8 Å². The van der Waals surface area contributed by atoms with Crippen LogP contribution in [-0.2, 0) is 14.8 Å². The normalized spacial score (nSPS) is 22.2. The molecule has 1 aliphatic heterocycles. The maximum atomic E-state index is 12.4. The van der Waals surface area contributed by atoms with Gasteiger partial charge >= 0.3 is 0 Å². The molecule has 0 radical (unpaired) electrons. The van der Waals surface area contributed by atoms with E-state index in [-0.39, 0.29) is 17.9 Å². The van der Waals surface area contributed by atoms with Gasteiger partial charge in [0.2, 0.25) is 10.0 Å². The lowest BCUT2D eigenvalue weighted by atomic mass is 9.99. The van der Waals surface area contributed by atoms with Crippen LogP contribution >= 0.6 is 23.7 Å². The Balaban J connectivity index is 0.00000220. The van der Waals surface area contributed by atoms with Gasteiger partial charge in [0, 0.05) is 23.4 Å². The van der Waals surface area contributed by atoms with Gasteiger partial charge in [0.1, 0.15) is 0 Å². The van der Waals surface area contributed by atoms with Gasteiger partial charge in [0.05, 0.1) is 17.0 Å². The highest BCUT2D eigenvalue weighted by atomic mass is 35.5. The molecule has 2 heterocycles. The molecule has 1 unspecified atom stereocenters. The highest BCUT2D eigenvalue weighted by molar-refractivity contribution is 7.89. The van der Waals surface area contributed by atoms with Crippen molar-refractivity contribution in [2.45, 2.75) is 37.1 Å². The fourth-order valence-electron chi connectivity index (χ4n) is 2.66. The Bertz CT molecular complexity index is 566. The van der Waals surface area contributed by atoms with Crippen molar-refractivity contribution in [2.24, 2.45) is 0 Å². The average molecular weight is 355 g/mol. The third-order valence-electron chi connectivity index (χ3n) is 3.64. The van der Waals surface area contributed by atoms with Crippen LogP contribution in [0.25, 0.3) is 0 Å². The molecule has 2 rings (SSSR count). The highest BCUT2D eigenvalue weighted by Crippen LogP contribution is 2.25. The van der Waals surface area contributed by atoms with Crippen LogP contribution in [0.2, 0.25) is 0 Å². The van der Waals surface area contributed by atoms with E-state index < -0.39 is 10.0 Å². The molecule has 0 amide bonds. The van der Waals surface area contributed by atoms with Crippen molar-refractivity contribution >= 4 is 33.8 Å². The molecule has 1 aromatic rings. The summed E-state index contributed by atoms with van der Waals surface area (Å²) in [6.45, 7) is 5.53. The lowest BCUT2D eigenvalue weighted by Gasteiger charge is -2.28. The molecule has 0 aromatic carbocycles. The molecule has 21 heavy (non-hydrogen) atoms. The van der Waals surface area contributed by atoms with E-state index in [4.69, 9.17) is 4.74 Å². The number of nitrogens with one attached hydrogen (secondary N) is 2. The fraction of sp³-hybridized carbons (Fsp3) is 0.692. The predicted octanol–water partition coefficient (Wildman–Crippen LogP) is 1.83. The van der Waals surface area contributed by atoms with E-state index in [2.05, 4.69) is 10.0 Å². The van der Waals surface area contributed by atoms with Gasteiger partial charge in [-0.15, -0.1) is 23.7 Å². The first-order chi connectivity index (χ1) is 9.38. The van der Waals surface area contributed by atoms with Gasteiger partial charge in [0.25, 0.3) is 0 Å². The van der Waals surface area contributed by atoms with Crippen LogP contribution in [0.15, 0.2) is 11.0 Å². The lowest BCUT2D eigenvalue weighted by Crippen LogP contribution is -2.52. The molecule has 1 saturated heterocycles. The second-order valence-electron chi connectivity index (χ2n) is 5.35. The van der Waals surface area contributed by atoms with Crippen molar-refractivity contribution in [3.05, 3.63) is 15.8 Å². The van der Waals surface area contributed by atoms with Crippen LogP contribution in [0, 0.1) is 13.8 Å². The average Bonchev–Trinajstić information content (AvgIpc) is 2.95. The van der Waals surface area contributed by atoms with E-state index in [1.54, 1.807) is 13.2 Å². The van der Waals surface area contributed by atoms with Crippen LogP contribution in [0.1, 0.15) is 22.6 Å². The number of sulfonamides is 1. The molecule has 1 fully saturated rings. The van der Waals surface area contributed by atoms with Gasteiger partial charge in [-0.3, -0.25) is 0 Å². The van der Waals surface area contributed by atoms with E-state index >= 15 is 0 Å². The molecular formula is C13H23ClN2O3S2. The Hall–Kier alpha value is -0.180. The predicted molar refractivity (Wildman–Crippen MR) is 88.1 cm³/mol. The number of hydrogen-bond donors (Lipinski definition) is 2. The third kappa shape index (κ3) is 4.40. The van der Waals surface area contributed by atoms with Gasteiger partial charge in [-0.05, 0) is 39.3 Å². The molecule has 0 aliphatic carbocycles. The first-order valence-electron chi connectivity index (χ1n) is 6.69. The third-order valence-corrected chi connectivity index (χ3v) is 6.26. The number of rotatable bonds is 6. The van der Waals surface area contributed by atoms with Crippen molar-refractivity contribution in [3.63, 3.8) is 0 Å². The molecule has 2 N–H and O–H groups in total. The Labute approximate surface area is 136 Å². The standard InChI is InChI=1S/C13H22N2O3S2.ClH/c1-10-7-12(11(2)19-10)20(16,17)15-8-13(9-18-3)5-4-6-14-13;/h7,14-15H,4-6,8-9H2,1-3H3;1H. The summed E-state index contributed by atoms with van der Waals surface area (Å²) in [6, 6.07) is 1.73. The van der Waals surface area contributed by atoms with E-state index in [0.29, 0.717) is 18.0 Å². The van der Waals surface area contributed by atoms with Crippen LogP contribution in [-0.4, -0.2) is 40.8 Å². The summed E-state index contributed by atoms with van der Waals surface area (Å²) in [5.41, 5.74) is -0.277. The molecule has 1 atom stereocenters. The van der Waals surface area contributed by atoms with Crippen LogP contribution in [0.4, 0.5) is 0 Å². The quantitative estimate of drug-likeness (QED) is 0.818. The zero-order valence-corrected chi connectivity index (χ0v) is 15.0. The Morgan fingerprint density at radius 2 is 2.19 bits per heavy atom. The Morgan fingerprint density at radius 3 is 2.67 bits per heavy atom. The summed E-state index contributed by atoms with van der Waals surface area (Å²) in [5, 5.41) is 3.37. The maximum absolute atomic E-state index is 12.4. The number of ether oxygens (including phenoxy) is 1. The lowest BCUT2D eigenvalue weighted by molar-refractivity contribution is 0.122. The van der Waals surface area contributed by atoms with Crippen molar-refractivity contribution in [3.8, 4) is 0 Å². The topological polar surface area (TPSA) is 67.4 Å². The summed E-state index contributed by atoms with van der Waals surface area (Å²) in [5.74, 6) is 0. The number of hydrogen-bond acceptors (Lipinski definition) is 5. The smallest absolute Gasteiger partial charge is 0.241 e. The summed E-state index contributed by atoms with van der Waals surface area (Å²) >= 11 is 1.50. The minimum atomic E-state index is -3.45. The summed E-state index contributed by atoms with van der Waals surface area (Å²) < 4.78 is 32.8. The first kappa shape index (κ1) is 18.9. The number of thiophene rings is 1. The Kier molecular flexibility index (Phi) is 6.64. The maximum Gasteiger partial charge on any atom is 0.241 e. The molecule has 1 aliphatic rings. The second-order valence-corrected chi connectivity index (χ2v) is 8.54. The van der Waals surface area contributed by atoms with Crippen molar-refractivity contribution in [1.82, 2.24) is 10.0 Å². The Morgan fingerprint density at radius 1 is 1.48 bits per heavy atom. The number of methoxy groups -OCH3 is 1. The van der Waals surface area contributed by atoms with Crippen LogP contribution < -0.4 is 10.0 Å². The summed E-state index contributed by atoms with van der Waals surface area (Å²) in [7, 11) is -1.81.